The van der Waals surface area contributed by atoms with Crippen LogP contribution >= 0.6 is 0 Å². The summed E-state index contributed by atoms with van der Waals surface area (Å²) in [4.78, 5) is 15.4. The number of nitrogens with zero attached hydrogens (tertiary/aromatic N) is 2. The lowest BCUT2D eigenvalue weighted by atomic mass is 9.84. The van der Waals surface area contributed by atoms with E-state index in [4.69, 9.17) is 0 Å². The van der Waals surface area contributed by atoms with E-state index in [0.717, 1.165) is 24.2 Å². The summed E-state index contributed by atoms with van der Waals surface area (Å²) >= 11 is 0. The van der Waals surface area contributed by atoms with Gasteiger partial charge in [-0.2, -0.15) is 0 Å². The molecule has 0 spiro atoms. The SMILES string of the molecule is O=C(O)C1CNCCC1c1ccc2cnccn12. The standard InChI is InChI=1S/C13H15N3O2/c17-13(18)11-8-14-4-3-10(11)12-2-1-9-7-15-5-6-16(9)12/h1-2,5-7,10-11,14H,3-4,8H2,(H,17,18). The highest BCUT2D eigenvalue weighted by Gasteiger charge is 2.33. The Hall–Kier alpha value is -1.88. The summed E-state index contributed by atoms with van der Waals surface area (Å²) in [5, 5.41) is 12.5. The van der Waals surface area contributed by atoms with Gasteiger partial charge < -0.3 is 14.8 Å². The molecule has 0 amide bonds. The molecule has 2 aromatic rings. The zero-order valence-corrected chi connectivity index (χ0v) is 9.91. The van der Waals surface area contributed by atoms with Crippen molar-refractivity contribution in [1.29, 1.82) is 0 Å². The van der Waals surface area contributed by atoms with Crippen molar-refractivity contribution in [1.82, 2.24) is 14.7 Å². The van der Waals surface area contributed by atoms with Gasteiger partial charge in [0, 0.05) is 30.6 Å². The van der Waals surface area contributed by atoms with Gasteiger partial charge in [0.1, 0.15) is 0 Å². The van der Waals surface area contributed by atoms with Crippen molar-refractivity contribution in [2.24, 2.45) is 5.92 Å². The van der Waals surface area contributed by atoms with Gasteiger partial charge in [-0.3, -0.25) is 9.78 Å². The highest BCUT2D eigenvalue weighted by Crippen LogP contribution is 2.31. The number of rotatable bonds is 2. The van der Waals surface area contributed by atoms with Gasteiger partial charge in [-0.05, 0) is 25.1 Å². The first-order valence-electron chi connectivity index (χ1n) is 6.12. The van der Waals surface area contributed by atoms with Crippen LogP contribution in [0.25, 0.3) is 5.52 Å². The number of aliphatic carboxylic acids is 1. The number of aromatic nitrogens is 2. The summed E-state index contributed by atoms with van der Waals surface area (Å²) in [6, 6.07) is 4.01. The fraction of sp³-hybridized carbons (Fsp3) is 0.385. The fourth-order valence-electron chi connectivity index (χ4n) is 2.76. The van der Waals surface area contributed by atoms with Gasteiger partial charge in [0.25, 0.3) is 0 Å². The number of piperidine rings is 1. The molecule has 5 nitrogen and oxygen atoms in total. The minimum Gasteiger partial charge on any atom is -0.481 e. The van der Waals surface area contributed by atoms with Crippen molar-refractivity contribution in [3.63, 3.8) is 0 Å². The molecule has 5 heteroatoms. The van der Waals surface area contributed by atoms with Crippen LogP contribution in [0.15, 0.2) is 30.7 Å². The van der Waals surface area contributed by atoms with E-state index in [1.165, 1.54) is 0 Å². The number of nitrogens with one attached hydrogen (secondary N) is 1. The number of fused-ring (bicyclic) bond motifs is 1. The lowest BCUT2D eigenvalue weighted by Crippen LogP contribution is -2.40. The molecular formula is C13H15N3O2. The molecule has 2 atom stereocenters. The first-order chi connectivity index (χ1) is 8.77. The number of hydrogen-bond acceptors (Lipinski definition) is 3. The van der Waals surface area contributed by atoms with E-state index in [9.17, 15) is 9.90 Å². The van der Waals surface area contributed by atoms with Crippen molar-refractivity contribution in [2.75, 3.05) is 13.1 Å². The van der Waals surface area contributed by atoms with E-state index in [0.29, 0.717) is 6.54 Å². The predicted molar refractivity (Wildman–Crippen MR) is 66.5 cm³/mol. The molecule has 18 heavy (non-hydrogen) atoms. The zero-order chi connectivity index (χ0) is 12.5. The maximum absolute atomic E-state index is 11.3. The molecular weight excluding hydrogens is 230 g/mol. The van der Waals surface area contributed by atoms with E-state index in [-0.39, 0.29) is 11.8 Å². The molecule has 2 N–H and O–H groups in total. The van der Waals surface area contributed by atoms with Gasteiger partial charge in [0.15, 0.2) is 0 Å². The van der Waals surface area contributed by atoms with Crippen LogP contribution in [0.1, 0.15) is 18.0 Å². The second kappa shape index (κ2) is 4.42. The van der Waals surface area contributed by atoms with Crippen LogP contribution in [-0.4, -0.2) is 33.6 Å². The second-order valence-electron chi connectivity index (χ2n) is 4.67. The van der Waals surface area contributed by atoms with Gasteiger partial charge >= 0.3 is 5.97 Å². The quantitative estimate of drug-likeness (QED) is 0.831. The Morgan fingerprint density at radius 2 is 2.39 bits per heavy atom. The first kappa shape index (κ1) is 11.2. The molecule has 3 heterocycles. The molecule has 0 bridgehead atoms. The Morgan fingerprint density at radius 3 is 3.22 bits per heavy atom. The van der Waals surface area contributed by atoms with E-state index in [2.05, 4.69) is 10.3 Å². The molecule has 0 radical (unpaired) electrons. The highest BCUT2D eigenvalue weighted by molar-refractivity contribution is 5.72. The Morgan fingerprint density at radius 1 is 1.50 bits per heavy atom. The lowest BCUT2D eigenvalue weighted by molar-refractivity contribution is -0.143. The molecule has 0 aromatic carbocycles. The van der Waals surface area contributed by atoms with Gasteiger partial charge in [-0.15, -0.1) is 0 Å². The minimum absolute atomic E-state index is 0.0636. The van der Waals surface area contributed by atoms with Crippen LogP contribution in [0, 0.1) is 5.92 Å². The van der Waals surface area contributed by atoms with E-state index >= 15 is 0 Å². The normalized spacial score (nSPS) is 24.2. The third-order valence-corrected chi connectivity index (χ3v) is 3.67. The van der Waals surface area contributed by atoms with Crippen molar-refractivity contribution < 1.29 is 9.90 Å². The third-order valence-electron chi connectivity index (χ3n) is 3.67. The monoisotopic (exact) mass is 245 g/mol. The molecule has 1 aliphatic rings. The number of carboxylic acids is 1. The van der Waals surface area contributed by atoms with Crippen LogP contribution in [0.2, 0.25) is 0 Å². The maximum Gasteiger partial charge on any atom is 0.308 e. The smallest absolute Gasteiger partial charge is 0.308 e. The topological polar surface area (TPSA) is 66.6 Å². The lowest BCUT2D eigenvalue weighted by Gasteiger charge is -2.29. The highest BCUT2D eigenvalue weighted by atomic mass is 16.4. The Kier molecular flexibility index (Phi) is 2.76. The van der Waals surface area contributed by atoms with Crippen LogP contribution in [0.4, 0.5) is 0 Å². The predicted octanol–water partition coefficient (Wildman–Crippen LogP) is 1.11. The molecule has 0 saturated carbocycles. The number of carboxylic acid groups (broad SMARTS) is 1. The van der Waals surface area contributed by atoms with Crippen molar-refractivity contribution >= 4 is 11.5 Å². The van der Waals surface area contributed by atoms with Gasteiger partial charge in [-0.25, -0.2) is 0 Å². The minimum atomic E-state index is -0.726. The Bertz CT molecular complexity index is 578. The van der Waals surface area contributed by atoms with Crippen molar-refractivity contribution in [3.8, 4) is 0 Å². The molecule has 94 valence electrons. The number of hydrogen-bond donors (Lipinski definition) is 2. The number of carbonyl (C=O) groups is 1. The summed E-state index contributed by atoms with van der Waals surface area (Å²) < 4.78 is 2.04. The third kappa shape index (κ3) is 1.76. The van der Waals surface area contributed by atoms with Crippen LogP contribution in [0.5, 0.6) is 0 Å². The summed E-state index contributed by atoms with van der Waals surface area (Å²) in [6.45, 7) is 1.41. The summed E-state index contributed by atoms with van der Waals surface area (Å²) in [5.41, 5.74) is 2.08. The Balaban J connectivity index is 2.04. The first-order valence-corrected chi connectivity index (χ1v) is 6.12. The van der Waals surface area contributed by atoms with Crippen LogP contribution < -0.4 is 5.32 Å². The van der Waals surface area contributed by atoms with Gasteiger partial charge in [0.2, 0.25) is 0 Å². The summed E-state index contributed by atoms with van der Waals surface area (Å²) in [6.07, 6.45) is 6.27. The van der Waals surface area contributed by atoms with Gasteiger partial charge in [-0.1, -0.05) is 0 Å². The molecule has 1 fully saturated rings. The van der Waals surface area contributed by atoms with E-state index in [1.54, 1.807) is 12.4 Å². The summed E-state index contributed by atoms with van der Waals surface area (Å²) in [5.74, 6) is -1.02. The van der Waals surface area contributed by atoms with Crippen LogP contribution in [-0.2, 0) is 4.79 Å². The maximum atomic E-state index is 11.3. The average molecular weight is 245 g/mol. The second-order valence-corrected chi connectivity index (χ2v) is 4.67. The van der Waals surface area contributed by atoms with Crippen molar-refractivity contribution in [2.45, 2.75) is 12.3 Å². The van der Waals surface area contributed by atoms with Crippen molar-refractivity contribution in [3.05, 3.63) is 36.4 Å². The van der Waals surface area contributed by atoms with Crippen LogP contribution in [0.3, 0.4) is 0 Å². The van der Waals surface area contributed by atoms with E-state index < -0.39 is 5.97 Å². The van der Waals surface area contributed by atoms with Gasteiger partial charge in [0.05, 0.1) is 17.6 Å². The zero-order valence-electron chi connectivity index (χ0n) is 9.91. The fourth-order valence-corrected chi connectivity index (χ4v) is 2.76. The summed E-state index contributed by atoms with van der Waals surface area (Å²) in [7, 11) is 0. The average Bonchev–Trinajstić information content (AvgIpc) is 2.82. The molecule has 3 rings (SSSR count). The molecule has 0 aliphatic carbocycles. The molecule has 1 saturated heterocycles. The molecule has 1 aliphatic heterocycles. The molecule has 2 unspecified atom stereocenters. The largest absolute Gasteiger partial charge is 0.481 e. The van der Waals surface area contributed by atoms with E-state index in [1.807, 2.05) is 22.7 Å². The molecule has 2 aromatic heterocycles. The Labute approximate surface area is 104 Å².